The summed E-state index contributed by atoms with van der Waals surface area (Å²) >= 11 is 12.0. The van der Waals surface area contributed by atoms with Gasteiger partial charge in [-0.15, -0.1) is 0 Å². The molecule has 0 bridgehead atoms. The van der Waals surface area contributed by atoms with Gasteiger partial charge in [-0.25, -0.2) is 0 Å². The average molecular weight is 286 g/mol. The van der Waals surface area contributed by atoms with Gasteiger partial charge >= 0.3 is 0 Å². The molecule has 1 aliphatic carbocycles. The number of halogens is 2. The molecule has 2 N–H and O–H groups in total. The third kappa shape index (κ3) is 2.27. The Labute approximate surface area is 117 Å². The van der Waals surface area contributed by atoms with E-state index in [1.807, 2.05) is 6.07 Å². The zero-order valence-corrected chi connectivity index (χ0v) is 11.6. The number of hydrogen-bond acceptors (Lipinski definition) is 2. The largest absolute Gasteiger partial charge is 0.387 e. The van der Waals surface area contributed by atoms with E-state index in [0.29, 0.717) is 16.1 Å². The van der Waals surface area contributed by atoms with E-state index in [1.54, 1.807) is 12.1 Å². The van der Waals surface area contributed by atoms with Crippen LogP contribution in [-0.4, -0.2) is 17.2 Å². The topological polar surface area (TPSA) is 32.3 Å². The number of benzene rings is 1. The average Bonchev–Trinajstić information content (AvgIpc) is 2.87. The van der Waals surface area contributed by atoms with Gasteiger partial charge in [-0.05, 0) is 37.3 Å². The molecule has 1 aliphatic heterocycles. The molecule has 1 saturated carbocycles. The van der Waals surface area contributed by atoms with Crippen molar-refractivity contribution >= 4 is 23.2 Å². The van der Waals surface area contributed by atoms with Gasteiger partial charge in [-0.1, -0.05) is 35.7 Å². The van der Waals surface area contributed by atoms with E-state index in [9.17, 15) is 5.11 Å². The highest BCUT2D eigenvalue weighted by Gasteiger charge is 2.40. The van der Waals surface area contributed by atoms with Gasteiger partial charge in [0.2, 0.25) is 0 Å². The molecular weight excluding hydrogens is 269 g/mol. The van der Waals surface area contributed by atoms with Gasteiger partial charge in [0.25, 0.3) is 0 Å². The van der Waals surface area contributed by atoms with Gasteiger partial charge in [0.05, 0.1) is 6.10 Å². The van der Waals surface area contributed by atoms with Crippen molar-refractivity contribution in [2.75, 3.05) is 0 Å². The Kier molecular flexibility index (Phi) is 3.55. The van der Waals surface area contributed by atoms with Crippen molar-refractivity contribution in [3.05, 3.63) is 33.8 Å². The van der Waals surface area contributed by atoms with E-state index in [2.05, 4.69) is 5.32 Å². The molecule has 0 amide bonds. The van der Waals surface area contributed by atoms with E-state index in [1.165, 1.54) is 19.3 Å². The maximum atomic E-state index is 10.5. The van der Waals surface area contributed by atoms with Gasteiger partial charge in [-0.3, -0.25) is 0 Å². The van der Waals surface area contributed by atoms with Crippen LogP contribution in [0, 0.1) is 5.92 Å². The summed E-state index contributed by atoms with van der Waals surface area (Å²) < 4.78 is 0. The lowest BCUT2D eigenvalue weighted by atomic mass is 9.96. The smallest absolute Gasteiger partial charge is 0.0957 e. The monoisotopic (exact) mass is 285 g/mol. The molecule has 0 radical (unpaired) electrons. The van der Waals surface area contributed by atoms with Crippen molar-refractivity contribution in [1.29, 1.82) is 0 Å². The van der Waals surface area contributed by atoms with Crippen LogP contribution in [0.15, 0.2) is 18.2 Å². The molecule has 1 aromatic rings. The first-order valence-corrected chi connectivity index (χ1v) is 7.30. The molecule has 2 nitrogen and oxygen atoms in total. The normalized spacial score (nSPS) is 32.5. The van der Waals surface area contributed by atoms with Crippen molar-refractivity contribution in [1.82, 2.24) is 5.32 Å². The summed E-state index contributed by atoms with van der Waals surface area (Å²) in [6, 6.07) is 6.01. The summed E-state index contributed by atoms with van der Waals surface area (Å²) in [7, 11) is 0. The first kappa shape index (κ1) is 12.7. The summed E-state index contributed by atoms with van der Waals surface area (Å²) in [6.07, 6.45) is 4.34. The summed E-state index contributed by atoms with van der Waals surface area (Å²) in [5.41, 5.74) is 0.776. The van der Waals surface area contributed by atoms with Crippen LogP contribution in [0.5, 0.6) is 0 Å². The number of aliphatic hydroxyl groups is 1. The first-order valence-electron chi connectivity index (χ1n) is 6.54. The minimum Gasteiger partial charge on any atom is -0.387 e. The van der Waals surface area contributed by atoms with Crippen molar-refractivity contribution in [3.8, 4) is 0 Å². The Morgan fingerprint density at radius 1 is 1.28 bits per heavy atom. The maximum Gasteiger partial charge on any atom is 0.0957 e. The standard InChI is InChI=1S/C14H17Cl2NO/c15-9-4-5-10(11(16)7-9)14(18)13-6-8-2-1-3-12(8)17-13/h4-5,7-8,12-14,17-18H,1-3,6H2/t8-,12-,13+,14+/m1/s1. The zero-order chi connectivity index (χ0) is 12.7. The van der Waals surface area contributed by atoms with Crippen LogP contribution in [-0.2, 0) is 0 Å². The van der Waals surface area contributed by atoms with E-state index in [-0.39, 0.29) is 6.04 Å². The quantitative estimate of drug-likeness (QED) is 0.871. The fourth-order valence-electron chi connectivity index (χ4n) is 3.39. The molecule has 3 rings (SSSR count). The Balaban J connectivity index is 1.76. The number of rotatable bonds is 2. The van der Waals surface area contributed by atoms with Crippen LogP contribution in [0.1, 0.15) is 37.4 Å². The summed E-state index contributed by atoms with van der Waals surface area (Å²) in [5.74, 6) is 0.732. The van der Waals surface area contributed by atoms with Crippen molar-refractivity contribution in [3.63, 3.8) is 0 Å². The van der Waals surface area contributed by atoms with Crippen LogP contribution in [0.3, 0.4) is 0 Å². The Morgan fingerprint density at radius 3 is 2.83 bits per heavy atom. The van der Waals surface area contributed by atoms with Crippen molar-refractivity contribution < 1.29 is 5.11 Å². The summed E-state index contributed by atoms with van der Waals surface area (Å²) in [6.45, 7) is 0. The molecule has 2 aliphatic rings. The molecular formula is C14H17Cl2NO. The maximum absolute atomic E-state index is 10.5. The fourth-order valence-corrected chi connectivity index (χ4v) is 3.91. The van der Waals surface area contributed by atoms with Gasteiger partial charge in [-0.2, -0.15) is 0 Å². The Bertz CT molecular complexity index is 439. The number of nitrogens with one attached hydrogen (secondary N) is 1. The predicted molar refractivity (Wildman–Crippen MR) is 74.1 cm³/mol. The molecule has 4 atom stereocenters. The molecule has 98 valence electrons. The van der Waals surface area contributed by atoms with E-state index in [4.69, 9.17) is 23.2 Å². The van der Waals surface area contributed by atoms with Crippen LogP contribution < -0.4 is 5.32 Å². The molecule has 1 aromatic carbocycles. The Morgan fingerprint density at radius 2 is 2.11 bits per heavy atom. The molecule has 0 unspecified atom stereocenters. The highest BCUT2D eigenvalue weighted by Crippen LogP contribution is 2.39. The molecule has 1 saturated heterocycles. The van der Waals surface area contributed by atoms with Crippen molar-refractivity contribution in [2.24, 2.45) is 5.92 Å². The SMILES string of the molecule is O[C@@H](c1ccc(Cl)cc1Cl)[C@@H]1C[C@H]2CCC[C@H]2N1. The molecule has 2 fully saturated rings. The third-order valence-electron chi connectivity index (χ3n) is 4.31. The third-order valence-corrected chi connectivity index (χ3v) is 4.87. The first-order chi connectivity index (χ1) is 8.65. The van der Waals surface area contributed by atoms with Gasteiger partial charge in [0.1, 0.15) is 0 Å². The Hall–Kier alpha value is -0.280. The molecule has 1 heterocycles. The molecule has 18 heavy (non-hydrogen) atoms. The second-order valence-electron chi connectivity index (χ2n) is 5.42. The van der Waals surface area contributed by atoms with Crippen LogP contribution >= 0.6 is 23.2 Å². The lowest BCUT2D eigenvalue weighted by molar-refractivity contribution is 0.133. The fraction of sp³-hybridized carbons (Fsp3) is 0.571. The molecule has 0 spiro atoms. The second kappa shape index (κ2) is 5.01. The lowest BCUT2D eigenvalue weighted by Crippen LogP contribution is -2.33. The minimum atomic E-state index is -0.541. The number of fused-ring (bicyclic) bond motifs is 1. The van der Waals surface area contributed by atoms with Crippen molar-refractivity contribution in [2.45, 2.75) is 43.9 Å². The lowest BCUT2D eigenvalue weighted by Gasteiger charge is -2.21. The van der Waals surface area contributed by atoms with Gasteiger partial charge < -0.3 is 10.4 Å². The summed E-state index contributed by atoms with van der Waals surface area (Å²) in [4.78, 5) is 0. The summed E-state index contributed by atoms with van der Waals surface area (Å²) in [5, 5.41) is 15.2. The number of aliphatic hydroxyl groups excluding tert-OH is 1. The molecule has 4 heteroatoms. The van der Waals surface area contributed by atoms with E-state index in [0.717, 1.165) is 17.9 Å². The van der Waals surface area contributed by atoms with Crippen LogP contribution in [0.2, 0.25) is 10.0 Å². The van der Waals surface area contributed by atoms with Crippen LogP contribution in [0.4, 0.5) is 0 Å². The molecule has 0 aromatic heterocycles. The minimum absolute atomic E-state index is 0.124. The van der Waals surface area contributed by atoms with E-state index >= 15 is 0 Å². The van der Waals surface area contributed by atoms with Crippen LogP contribution in [0.25, 0.3) is 0 Å². The highest BCUT2D eigenvalue weighted by atomic mass is 35.5. The number of hydrogen-bond donors (Lipinski definition) is 2. The highest BCUT2D eigenvalue weighted by molar-refractivity contribution is 6.35. The predicted octanol–water partition coefficient (Wildman–Crippen LogP) is 3.56. The van der Waals surface area contributed by atoms with Gasteiger partial charge in [0, 0.05) is 27.7 Å². The second-order valence-corrected chi connectivity index (χ2v) is 6.26. The zero-order valence-electron chi connectivity index (χ0n) is 10.1. The van der Waals surface area contributed by atoms with E-state index < -0.39 is 6.10 Å². The van der Waals surface area contributed by atoms with Gasteiger partial charge in [0.15, 0.2) is 0 Å².